The maximum atomic E-state index is 12.3. The van der Waals surface area contributed by atoms with Crippen LogP contribution in [0.4, 0.5) is 0 Å². The first-order valence-electron chi connectivity index (χ1n) is 8.45. The number of unbranched alkanes of at least 4 members (excludes halogenated alkanes) is 2. The highest BCUT2D eigenvalue weighted by atomic mass is 16.5. The van der Waals surface area contributed by atoms with Crippen LogP contribution in [0.1, 0.15) is 48.4 Å². The normalized spacial score (nSPS) is 11.9. The zero-order valence-corrected chi connectivity index (χ0v) is 14.5. The first-order valence-corrected chi connectivity index (χ1v) is 8.45. The Hall–Kier alpha value is -2.20. The predicted molar refractivity (Wildman–Crippen MR) is 95.7 cm³/mol. The Morgan fingerprint density at radius 2 is 1.71 bits per heavy atom. The second kappa shape index (κ2) is 9.83. The van der Waals surface area contributed by atoms with Crippen LogP contribution in [0.5, 0.6) is 0 Å². The number of carbonyl (C=O) groups excluding carboxylic acids is 1. The van der Waals surface area contributed by atoms with Gasteiger partial charge < -0.3 is 10.1 Å². The Kier molecular flexibility index (Phi) is 7.43. The minimum atomic E-state index is -0.139. The lowest BCUT2D eigenvalue weighted by Crippen LogP contribution is -2.29. The molecule has 1 atom stereocenters. The van der Waals surface area contributed by atoms with Crippen molar-refractivity contribution in [1.82, 2.24) is 10.3 Å². The van der Waals surface area contributed by atoms with Crippen LogP contribution in [0.3, 0.4) is 0 Å². The summed E-state index contributed by atoms with van der Waals surface area (Å²) in [5, 5.41) is 3.16. The highest BCUT2D eigenvalue weighted by Gasteiger charge is 2.16. The zero-order chi connectivity index (χ0) is 17.2. The van der Waals surface area contributed by atoms with E-state index in [0.717, 1.165) is 37.0 Å². The van der Waals surface area contributed by atoms with Gasteiger partial charge in [0, 0.05) is 32.5 Å². The molecule has 1 N–H and O–H groups in total. The summed E-state index contributed by atoms with van der Waals surface area (Å²) in [5.74, 6) is 0.0785. The van der Waals surface area contributed by atoms with Crippen molar-refractivity contribution in [2.45, 2.75) is 38.6 Å². The summed E-state index contributed by atoms with van der Waals surface area (Å²) in [6.07, 6.45) is 6.94. The van der Waals surface area contributed by atoms with Crippen molar-refractivity contribution < 1.29 is 9.53 Å². The molecule has 4 nitrogen and oxygen atoms in total. The van der Waals surface area contributed by atoms with E-state index in [2.05, 4.69) is 41.5 Å². The van der Waals surface area contributed by atoms with Gasteiger partial charge in [-0.15, -0.1) is 0 Å². The van der Waals surface area contributed by atoms with Crippen LogP contribution >= 0.6 is 0 Å². The molecule has 0 saturated heterocycles. The molecule has 0 aliphatic heterocycles. The summed E-state index contributed by atoms with van der Waals surface area (Å²) < 4.78 is 5.03. The number of methoxy groups -OCH3 is 1. The van der Waals surface area contributed by atoms with E-state index in [4.69, 9.17) is 4.74 Å². The number of benzene rings is 1. The van der Waals surface area contributed by atoms with Gasteiger partial charge in [-0.25, -0.2) is 0 Å². The molecule has 0 spiro atoms. The number of aromatic nitrogens is 1. The van der Waals surface area contributed by atoms with Crippen molar-refractivity contribution in [3.63, 3.8) is 0 Å². The zero-order valence-electron chi connectivity index (χ0n) is 14.5. The van der Waals surface area contributed by atoms with E-state index >= 15 is 0 Å². The van der Waals surface area contributed by atoms with Gasteiger partial charge in [0.1, 0.15) is 0 Å². The summed E-state index contributed by atoms with van der Waals surface area (Å²) in [5.41, 5.74) is 3.33. The Labute approximate surface area is 144 Å². The maximum Gasteiger partial charge on any atom is 0.220 e. The molecule has 0 aliphatic rings. The van der Waals surface area contributed by atoms with Crippen LogP contribution in [0.2, 0.25) is 0 Å². The molecule has 2 aromatic rings. The van der Waals surface area contributed by atoms with E-state index in [1.165, 1.54) is 5.56 Å². The summed E-state index contributed by atoms with van der Waals surface area (Å²) in [6.45, 7) is 2.81. The third-order valence-electron chi connectivity index (χ3n) is 4.01. The number of ether oxygens (including phenoxy) is 1. The average molecular weight is 326 g/mol. The van der Waals surface area contributed by atoms with Crippen LogP contribution in [0.15, 0.2) is 48.8 Å². The highest BCUT2D eigenvalue weighted by molar-refractivity contribution is 5.77. The van der Waals surface area contributed by atoms with Gasteiger partial charge in [0.15, 0.2) is 0 Å². The number of nitrogens with zero attached hydrogens (tertiary/aromatic N) is 1. The fourth-order valence-corrected chi connectivity index (χ4v) is 2.62. The molecule has 24 heavy (non-hydrogen) atoms. The monoisotopic (exact) mass is 326 g/mol. The smallest absolute Gasteiger partial charge is 0.220 e. The van der Waals surface area contributed by atoms with E-state index in [-0.39, 0.29) is 11.9 Å². The minimum absolute atomic E-state index is 0.0785. The van der Waals surface area contributed by atoms with Crippen molar-refractivity contribution in [3.05, 3.63) is 65.5 Å². The number of amides is 1. The van der Waals surface area contributed by atoms with E-state index in [9.17, 15) is 4.79 Å². The Morgan fingerprint density at radius 1 is 1.04 bits per heavy atom. The Bertz CT molecular complexity index is 611. The van der Waals surface area contributed by atoms with Crippen molar-refractivity contribution in [2.24, 2.45) is 0 Å². The molecular weight excluding hydrogens is 300 g/mol. The van der Waals surface area contributed by atoms with Crippen LogP contribution in [-0.2, 0) is 9.53 Å². The highest BCUT2D eigenvalue weighted by Crippen LogP contribution is 2.22. The maximum absolute atomic E-state index is 12.3. The number of carbonyl (C=O) groups is 1. The molecule has 0 bridgehead atoms. The van der Waals surface area contributed by atoms with E-state index < -0.39 is 0 Å². The number of pyridine rings is 1. The first-order chi connectivity index (χ1) is 11.7. The van der Waals surface area contributed by atoms with Gasteiger partial charge in [-0.2, -0.15) is 0 Å². The lowest BCUT2D eigenvalue weighted by Gasteiger charge is -2.20. The summed E-state index contributed by atoms with van der Waals surface area (Å²) in [4.78, 5) is 16.4. The molecule has 0 saturated carbocycles. The summed E-state index contributed by atoms with van der Waals surface area (Å²) in [7, 11) is 1.70. The van der Waals surface area contributed by atoms with Crippen LogP contribution in [0, 0.1) is 6.92 Å². The van der Waals surface area contributed by atoms with Crippen molar-refractivity contribution >= 4 is 5.91 Å². The van der Waals surface area contributed by atoms with Gasteiger partial charge in [0.05, 0.1) is 6.04 Å². The third kappa shape index (κ3) is 5.78. The summed E-state index contributed by atoms with van der Waals surface area (Å²) in [6, 6.07) is 12.0. The standard InChI is InChI=1S/C20H26N2O2/c1-16-7-9-17(10-8-16)20(18-11-13-21-14-12-18)22-19(23)6-4-3-5-15-24-2/h7-14,20H,3-6,15H2,1-2H3,(H,22,23)/t20-/m0/s1. The SMILES string of the molecule is COCCCCCC(=O)N[C@H](c1ccncc1)c1ccc(C)cc1. The van der Waals surface area contributed by atoms with Crippen LogP contribution in [-0.4, -0.2) is 24.6 Å². The number of hydrogen-bond acceptors (Lipinski definition) is 3. The predicted octanol–water partition coefficient (Wildman–Crippen LogP) is 3.80. The molecule has 1 aromatic heterocycles. The Morgan fingerprint density at radius 3 is 2.38 bits per heavy atom. The largest absolute Gasteiger partial charge is 0.385 e. The van der Waals surface area contributed by atoms with Gasteiger partial charge in [0.2, 0.25) is 5.91 Å². The Balaban J connectivity index is 2.01. The number of rotatable bonds is 9. The van der Waals surface area contributed by atoms with Gasteiger partial charge in [0.25, 0.3) is 0 Å². The van der Waals surface area contributed by atoms with Crippen LogP contribution < -0.4 is 5.32 Å². The second-order valence-corrected chi connectivity index (χ2v) is 6.00. The molecule has 0 fully saturated rings. The number of hydrogen-bond donors (Lipinski definition) is 1. The van der Waals surface area contributed by atoms with E-state index in [1.807, 2.05) is 12.1 Å². The summed E-state index contributed by atoms with van der Waals surface area (Å²) >= 11 is 0. The van der Waals surface area contributed by atoms with Crippen molar-refractivity contribution in [3.8, 4) is 0 Å². The van der Waals surface area contributed by atoms with Crippen molar-refractivity contribution in [2.75, 3.05) is 13.7 Å². The fraction of sp³-hybridized carbons (Fsp3) is 0.400. The quantitative estimate of drug-likeness (QED) is 0.713. The molecule has 1 amide bonds. The number of nitrogens with one attached hydrogen (secondary N) is 1. The lowest BCUT2D eigenvalue weighted by atomic mass is 9.98. The molecule has 2 rings (SSSR count). The molecule has 1 aromatic carbocycles. The van der Waals surface area contributed by atoms with Crippen LogP contribution in [0.25, 0.3) is 0 Å². The van der Waals surface area contributed by atoms with Crippen molar-refractivity contribution in [1.29, 1.82) is 0 Å². The van der Waals surface area contributed by atoms with E-state index in [1.54, 1.807) is 19.5 Å². The fourth-order valence-electron chi connectivity index (χ4n) is 2.62. The lowest BCUT2D eigenvalue weighted by molar-refractivity contribution is -0.121. The van der Waals surface area contributed by atoms with Gasteiger partial charge in [-0.1, -0.05) is 36.2 Å². The molecule has 0 unspecified atom stereocenters. The van der Waals surface area contributed by atoms with Gasteiger partial charge >= 0.3 is 0 Å². The molecule has 0 radical (unpaired) electrons. The molecule has 1 heterocycles. The van der Waals surface area contributed by atoms with Gasteiger partial charge in [-0.05, 0) is 43.0 Å². The molecule has 0 aliphatic carbocycles. The molecule has 128 valence electrons. The molecule has 4 heteroatoms. The minimum Gasteiger partial charge on any atom is -0.385 e. The first kappa shape index (κ1) is 18.1. The van der Waals surface area contributed by atoms with Gasteiger partial charge in [-0.3, -0.25) is 9.78 Å². The molecular formula is C20H26N2O2. The average Bonchev–Trinajstić information content (AvgIpc) is 2.61. The number of aryl methyl sites for hydroxylation is 1. The second-order valence-electron chi connectivity index (χ2n) is 6.00. The van der Waals surface area contributed by atoms with E-state index in [0.29, 0.717) is 6.42 Å². The topological polar surface area (TPSA) is 51.2 Å². The third-order valence-corrected chi connectivity index (χ3v) is 4.01.